The molecule has 0 heterocycles. The summed E-state index contributed by atoms with van der Waals surface area (Å²) < 4.78 is 49.2. The van der Waals surface area contributed by atoms with E-state index in [-0.39, 0.29) is 23.4 Å². The highest BCUT2D eigenvalue weighted by molar-refractivity contribution is 5.72. The van der Waals surface area contributed by atoms with Crippen molar-refractivity contribution >= 4 is 5.57 Å². The first-order valence-electron chi connectivity index (χ1n) is 10.7. The average molecular weight is 412 g/mol. The predicted molar refractivity (Wildman–Crippen MR) is 114 cm³/mol. The van der Waals surface area contributed by atoms with Crippen LogP contribution in [-0.4, -0.2) is 19.0 Å². The summed E-state index contributed by atoms with van der Waals surface area (Å²) in [6.45, 7) is 2.26. The molecule has 2 aromatic rings. The van der Waals surface area contributed by atoms with E-state index in [9.17, 15) is 13.2 Å². The van der Waals surface area contributed by atoms with Gasteiger partial charge in [0.2, 0.25) is 0 Å². The topological polar surface area (TPSA) is 9.23 Å². The summed E-state index contributed by atoms with van der Waals surface area (Å²) in [6, 6.07) is 14.5. The number of hydrogen-bond donors (Lipinski definition) is 0. The third-order valence-electron chi connectivity index (χ3n) is 6.29. The fourth-order valence-electron chi connectivity index (χ4n) is 4.49. The Hall–Kier alpha value is -2.49. The number of ether oxygens (including phenoxy) is 1. The SMILES string of the molecule is Cc1ccc(C2CCC(COC3=CC=C(c4ccccc4)C(F)C3F)CC2)c(F)c1. The zero-order valence-electron chi connectivity index (χ0n) is 17.2. The van der Waals surface area contributed by atoms with Gasteiger partial charge in [0, 0.05) is 0 Å². The fourth-order valence-corrected chi connectivity index (χ4v) is 4.49. The van der Waals surface area contributed by atoms with E-state index in [4.69, 9.17) is 4.74 Å². The molecule has 0 radical (unpaired) electrons. The monoisotopic (exact) mass is 412 g/mol. The molecule has 1 nitrogen and oxygen atoms in total. The molecule has 0 N–H and O–H groups in total. The molecule has 2 aromatic carbocycles. The van der Waals surface area contributed by atoms with Crippen molar-refractivity contribution in [2.75, 3.05) is 6.61 Å². The van der Waals surface area contributed by atoms with Crippen molar-refractivity contribution in [1.29, 1.82) is 0 Å². The first-order chi connectivity index (χ1) is 14.5. The van der Waals surface area contributed by atoms with Gasteiger partial charge in [-0.1, -0.05) is 48.5 Å². The van der Waals surface area contributed by atoms with Gasteiger partial charge in [-0.05, 0) is 78.8 Å². The molecule has 0 bridgehead atoms. The van der Waals surface area contributed by atoms with Gasteiger partial charge in [0.15, 0.2) is 12.3 Å². The van der Waals surface area contributed by atoms with Crippen LogP contribution in [0.4, 0.5) is 13.2 Å². The summed E-state index contributed by atoms with van der Waals surface area (Å²) in [4.78, 5) is 0. The number of alkyl halides is 2. The summed E-state index contributed by atoms with van der Waals surface area (Å²) in [5, 5.41) is 0. The lowest BCUT2D eigenvalue weighted by Crippen LogP contribution is -2.27. The van der Waals surface area contributed by atoms with E-state index >= 15 is 0 Å². The molecule has 1 saturated carbocycles. The van der Waals surface area contributed by atoms with Crippen LogP contribution in [0.15, 0.2) is 66.4 Å². The Morgan fingerprint density at radius 1 is 0.900 bits per heavy atom. The minimum absolute atomic E-state index is 0.0638. The molecule has 4 heteroatoms. The van der Waals surface area contributed by atoms with Crippen molar-refractivity contribution in [2.45, 2.75) is 50.9 Å². The molecule has 158 valence electrons. The highest BCUT2D eigenvalue weighted by Gasteiger charge is 2.33. The van der Waals surface area contributed by atoms with Gasteiger partial charge in [-0.25, -0.2) is 13.2 Å². The molecular formula is C26H27F3O. The average Bonchev–Trinajstić information content (AvgIpc) is 2.76. The number of rotatable bonds is 5. The van der Waals surface area contributed by atoms with Crippen LogP contribution in [0.3, 0.4) is 0 Å². The smallest absolute Gasteiger partial charge is 0.192 e. The number of hydrogen-bond acceptors (Lipinski definition) is 1. The lowest BCUT2D eigenvalue weighted by molar-refractivity contribution is 0.0863. The summed E-state index contributed by atoms with van der Waals surface area (Å²) in [5.41, 5.74) is 2.74. The van der Waals surface area contributed by atoms with Crippen LogP contribution in [0.1, 0.15) is 48.3 Å². The van der Waals surface area contributed by atoms with Gasteiger partial charge in [-0.3, -0.25) is 0 Å². The van der Waals surface area contributed by atoms with Crippen molar-refractivity contribution in [3.63, 3.8) is 0 Å². The maximum atomic E-state index is 14.6. The molecule has 2 atom stereocenters. The van der Waals surface area contributed by atoms with Crippen LogP contribution in [-0.2, 0) is 4.74 Å². The quantitative estimate of drug-likeness (QED) is 0.510. The van der Waals surface area contributed by atoms with E-state index in [1.54, 1.807) is 30.4 Å². The maximum Gasteiger partial charge on any atom is 0.192 e. The van der Waals surface area contributed by atoms with Gasteiger partial charge in [-0.15, -0.1) is 0 Å². The standard InChI is InChI=1S/C26H27F3O/c1-17-7-12-21(23(27)15-17)20-10-8-18(9-11-20)16-30-24-14-13-22(25(28)26(24)29)19-5-3-2-4-6-19/h2-7,12-15,18,20,25-26H,8-11,16H2,1H3. The van der Waals surface area contributed by atoms with Crippen molar-refractivity contribution in [2.24, 2.45) is 5.92 Å². The highest BCUT2D eigenvalue weighted by Crippen LogP contribution is 2.38. The second kappa shape index (κ2) is 9.11. The van der Waals surface area contributed by atoms with Crippen LogP contribution in [0, 0.1) is 18.7 Å². The molecule has 30 heavy (non-hydrogen) atoms. The largest absolute Gasteiger partial charge is 0.494 e. The van der Waals surface area contributed by atoms with E-state index < -0.39 is 12.3 Å². The third kappa shape index (κ3) is 4.48. The van der Waals surface area contributed by atoms with Crippen LogP contribution in [0.2, 0.25) is 0 Å². The van der Waals surface area contributed by atoms with Crippen molar-refractivity contribution in [3.8, 4) is 0 Å². The lowest BCUT2D eigenvalue weighted by atomic mass is 9.78. The van der Waals surface area contributed by atoms with E-state index in [1.807, 2.05) is 37.3 Å². The van der Waals surface area contributed by atoms with Gasteiger partial charge in [0.1, 0.15) is 11.6 Å². The molecule has 0 saturated heterocycles. The Balaban J connectivity index is 1.33. The zero-order valence-corrected chi connectivity index (χ0v) is 17.2. The molecule has 1 fully saturated rings. The first kappa shape index (κ1) is 20.8. The Morgan fingerprint density at radius 3 is 2.33 bits per heavy atom. The van der Waals surface area contributed by atoms with Crippen LogP contribution in [0.25, 0.3) is 5.57 Å². The summed E-state index contributed by atoms with van der Waals surface area (Å²) in [6.07, 6.45) is 3.21. The molecular weight excluding hydrogens is 385 g/mol. The summed E-state index contributed by atoms with van der Waals surface area (Å²) in [7, 11) is 0. The number of halogens is 3. The van der Waals surface area contributed by atoms with Gasteiger partial charge in [0.25, 0.3) is 0 Å². The Bertz CT molecular complexity index is 927. The van der Waals surface area contributed by atoms with E-state index in [0.717, 1.165) is 36.8 Å². The lowest BCUT2D eigenvalue weighted by Gasteiger charge is -2.30. The van der Waals surface area contributed by atoms with E-state index in [2.05, 4.69) is 0 Å². The van der Waals surface area contributed by atoms with Crippen molar-refractivity contribution in [1.82, 2.24) is 0 Å². The van der Waals surface area contributed by atoms with E-state index in [1.165, 1.54) is 0 Å². The minimum atomic E-state index is -1.79. The molecule has 0 aromatic heterocycles. The zero-order chi connectivity index (χ0) is 21.1. The minimum Gasteiger partial charge on any atom is -0.494 e. The van der Waals surface area contributed by atoms with Gasteiger partial charge in [-0.2, -0.15) is 0 Å². The molecule has 2 aliphatic rings. The predicted octanol–water partition coefficient (Wildman–Crippen LogP) is 7.08. The van der Waals surface area contributed by atoms with Gasteiger partial charge >= 0.3 is 0 Å². The normalized spacial score (nSPS) is 26.7. The van der Waals surface area contributed by atoms with Gasteiger partial charge < -0.3 is 4.74 Å². The Labute approximate surface area is 176 Å². The number of benzene rings is 2. The van der Waals surface area contributed by atoms with Crippen LogP contribution < -0.4 is 0 Å². The Kier molecular flexibility index (Phi) is 6.31. The Morgan fingerprint density at radius 2 is 1.63 bits per heavy atom. The summed E-state index contributed by atoms with van der Waals surface area (Å²) in [5.74, 6) is 0.433. The van der Waals surface area contributed by atoms with Crippen molar-refractivity contribution in [3.05, 3.63) is 88.9 Å². The highest BCUT2D eigenvalue weighted by atomic mass is 19.2. The van der Waals surface area contributed by atoms with Crippen molar-refractivity contribution < 1.29 is 17.9 Å². The fraction of sp³-hybridized carbons (Fsp3) is 0.385. The van der Waals surface area contributed by atoms with E-state index in [0.29, 0.717) is 17.7 Å². The second-order valence-electron chi connectivity index (χ2n) is 8.41. The second-order valence-corrected chi connectivity index (χ2v) is 8.41. The maximum absolute atomic E-state index is 14.6. The molecule has 0 spiro atoms. The molecule has 0 amide bonds. The molecule has 4 rings (SSSR count). The molecule has 2 unspecified atom stereocenters. The number of aryl methyl sites for hydroxylation is 1. The first-order valence-corrected chi connectivity index (χ1v) is 10.7. The molecule has 0 aliphatic heterocycles. The van der Waals surface area contributed by atoms with Crippen LogP contribution in [0.5, 0.6) is 0 Å². The van der Waals surface area contributed by atoms with Crippen LogP contribution >= 0.6 is 0 Å². The summed E-state index contributed by atoms with van der Waals surface area (Å²) >= 11 is 0. The number of allylic oxidation sites excluding steroid dienone is 4. The van der Waals surface area contributed by atoms with Gasteiger partial charge in [0.05, 0.1) is 6.61 Å². The molecule has 2 aliphatic carbocycles. The third-order valence-corrected chi connectivity index (χ3v) is 6.29.